The molecule has 0 heterocycles. The van der Waals surface area contributed by atoms with Gasteiger partial charge in [-0.25, -0.2) is 0 Å². The minimum absolute atomic E-state index is 0.123. The summed E-state index contributed by atoms with van der Waals surface area (Å²) < 4.78 is 42.7. The predicted molar refractivity (Wildman–Crippen MR) is 100 cm³/mol. The van der Waals surface area contributed by atoms with Gasteiger partial charge >= 0.3 is 6.18 Å². The van der Waals surface area contributed by atoms with Crippen molar-refractivity contribution in [3.05, 3.63) is 23.3 Å². The molecule has 4 rings (SSSR count). The lowest BCUT2D eigenvalue weighted by Gasteiger charge is -2.50. The molecule has 3 aliphatic rings. The second-order valence-corrected chi connectivity index (χ2v) is 8.75. The van der Waals surface area contributed by atoms with E-state index in [-0.39, 0.29) is 34.9 Å². The van der Waals surface area contributed by atoms with E-state index in [2.05, 4.69) is 12.1 Å². The Balaban J connectivity index is 1.74. The number of aliphatic hydroxyl groups excluding tert-OH is 1. The Morgan fingerprint density at radius 3 is 2.69 bits per heavy atom. The summed E-state index contributed by atoms with van der Waals surface area (Å²) in [5.74, 6) is 0.135. The fraction of sp³-hybridized carbons (Fsp3) is 0.667. The molecule has 1 aromatic carbocycles. The number of phenols is 1. The molecule has 0 spiro atoms. The van der Waals surface area contributed by atoms with Crippen molar-refractivity contribution < 1.29 is 33.0 Å². The average Bonchev–Trinajstić information content (AvgIpc) is 2.95. The van der Waals surface area contributed by atoms with Crippen LogP contribution in [0.2, 0.25) is 0 Å². The van der Waals surface area contributed by atoms with Crippen LogP contribution in [0, 0.1) is 17.3 Å². The molecule has 3 aliphatic carbocycles. The van der Waals surface area contributed by atoms with Crippen LogP contribution in [0.1, 0.15) is 56.1 Å². The zero-order chi connectivity index (χ0) is 21.0. The number of fused-ring (bicyclic) bond motifs is 5. The van der Waals surface area contributed by atoms with Gasteiger partial charge in [0.25, 0.3) is 0 Å². The summed E-state index contributed by atoms with van der Waals surface area (Å²) in [5.41, 5.74) is 2.07. The molecule has 0 radical (unpaired) electrons. The highest BCUT2D eigenvalue weighted by Gasteiger charge is 2.55. The van der Waals surface area contributed by atoms with Crippen LogP contribution in [0.3, 0.4) is 0 Å². The van der Waals surface area contributed by atoms with Crippen LogP contribution in [-0.4, -0.2) is 41.9 Å². The summed E-state index contributed by atoms with van der Waals surface area (Å²) in [6.07, 6.45) is -0.793. The maximum atomic E-state index is 12.6. The number of aliphatic hydroxyl groups is 1. The van der Waals surface area contributed by atoms with Gasteiger partial charge in [0.15, 0.2) is 18.1 Å². The van der Waals surface area contributed by atoms with Crippen LogP contribution in [0.15, 0.2) is 17.3 Å². The Morgan fingerprint density at radius 1 is 1.24 bits per heavy atom. The predicted octanol–water partition coefficient (Wildman–Crippen LogP) is 4.36. The standard InChI is InChI=1S/C21H26F3NO4/c1-20-6-5-11-12-9-18(29-10-21(22,23)24)17(26)8-14(12)16(25-28-2)7-13(11)15(20)3-4-19(20)27/h8-9,11,13,15,19,26-27H,3-7,10H2,1-2H3/b25-16-/t11?,13?,15?,19-,20-/m0/s1. The first-order valence-corrected chi connectivity index (χ1v) is 9.99. The molecule has 0 saturated heterocycles. The minimum atomic E-state index is -4.49. The highest BCUT2D eigenvalue weighted by molar-refractivity contribution is 6.03. The highest BCUT2D eigenvalue weighted by Crippen LogP contribution is 2.61. The number of benzene rings is 1. The maximum Gasteiger partial charge on any atom is 0.422 e. The van der Waals surface area contributed by atoms with Crippen LogP contribution in [0.5, 0.6) is 11.5 Å². The lowest BCUT2D eigenvalue weighted by molar-refractivity contribution is -0.153. The third-order valence-corrected chi connectivity index (χ3v) is 7.25. The SMILES string of the molecule is CO/N=C1/CC2C(CC[C@@]3(C)C2CC[C@@H]3O)c2cc(OCC(F)(F)F)c(O)cc21. The van der Waals surface area contributed by atoms with Crippen LogP contribution < -0.4 is 4.74 Å². The molecule has 3 unspecified atom stereocenters. The van der Waals surface area contributed by atoms with Crippen molar-refractivity contribution in [3.8, 4) is 11.5 Å². The third kappa shape index (κ3) is 3.45. The van der Waals surface area contributed by atoms with Crippen LogP contribution in [-0.2, 0) is 4.84 Å². The molecule has 2 N–H and O–H groups in total. The lowest BCUT2D eigenvalue weighted by atomic mass is 9.55. The van der Waals surface area contributed by atoms with E-state index >= 15 is 0 Å². The number of phenolic OH excluding ortho intramolecular Hbond substituents is 1. The van der Waals surface area contributed by atoms with Gasteiger partial charge in [0.2, 0.25) is 0 Å². The molecule has 160 valence electrons. The summed E-state index contributed by atoms with van der Waals surface area (Å²) in [6.45, 7) is 0.683. The Labute approximate surface area is 167 Å². The third-order valence-electron chi connectivity index (χ3n) is 7.25. The van der Waals surface area contributed by atoms with E-state index < -0.39 is 12.8 Å². The minimum Gasteiger partial charge on any atom is -0.504 e. The van der Waals surface area contributed by atoms with Gasteiger partial charge in [-0.1, -0.05) is 12.1 Å². The van der Waals surface area contributed by atoms with Crippen LogP contribution in [0.4, 0.5) is 13.2 Å². The molecule has 0 aliphatic heterocycles. The number of alkyl halides is 3. The number of rotatable bonds is 3. The molecule has 5 atom stereocenters. The van der Waals surface area contributed by atoms with Gasteiger partial charge in [-0.2, -0.15) is 13.2 Å². The first-order chi connectivity index (χ1) is 13.6. The van der Waals surface area contributed by atoms with Crippen molar-refractivity contribution in [2.24, 2.45) is 22.4 Å². The summed E-state index contributed by atoms with van der Waals surface area (Å²) in [7, 11) is 1.45. The molecular weight excluding hydrogens is 387 g/mol. The number of hydrogen-bond acceptors (Lipinski definition) is 5. The van der Waals surface area contributed by atoms with Gasteiger partial charge in [-0.3, -0.25) is 0 Å². The van der Waals surface area contributed by atoms with Gasteiger partial charge in [0.1, 0.15) is 7.11 Å². The van der Waals surface area contributed by atoms with Gasteiger partial charge in [-0.15, -0.1) is 0 Å². The number of oxime groups is 1. The molecule has 2 fully saturated rings. The van der Waals surface area contributed by atoms with Crippen molar-refractivity contribution in [1.29, 1.82) is 0 Å². The Morgan fingerprint density at radius 2 is 2.00 bits per heavy atom. The van der Waals surface area contributed by atoms with Gasteiger partial charge in [0.05, 0.1) is 11.8 Å². The molecule has 1 aromatic rings. The topological polar surface area (TPSA) is 71.3 Å². The van der Waals surface area contributed by atoms with E-state index in [0.29, 0.717) is 23.6 Å². The van der Waals surface area contributed by atoms with Crippen molar-refractivity contribution in [2.75, 3.05) is 13.7 Å². The quantitative estimate of drug-likeness (QED) is 0.723. The van der Waals surface area contributed by atoms with Gasteiger partial charge in [-0.05, 0) is 73.0 Å². The molecule has 5 nitrogen and oxygen atoms in total. The first-order valence-electron chi connectivity index (χ1n) is 9.99. The smallest absolute Gasteiger partial charge is 0.422 e. The second kappa shape index (κ2) is 7.07. The van der Waals surface area contributed by atoms with Crippen molar-refractivity contribution in [1.82, 2.24) is 0 Å². The molecule has 0 amide bonds. The maximum absolute atomic E-state index is 12.6. The normalized spacial score (nSPS) is 35.0. The van der Waals surface area contributed by atoms with E-state index in [1.54, 1.807) is 0 Å². The lowest BCUT2D eigenvalue weighted by Crippen LogP contribution is -2.45. The molecule has 8 heteroatoms. The molecule has 0 bridgehead atoms. The Kier molecular flexibility index (Phi) is 4.96. The molecule has 2 saturated carbocycles. The average molecular weight is 413 g/mol. The number of ether oxygens (including phenoxy) is 1. The van der Waals surface area contributed by atoms with E-state index in [9.17, 15) is 23.4 Å². The summed E-state index contributed by atoms with van der Waals surface area (Å²) in [5, 5.41) is 25.0. The highest BCUT2D eigenvalue weighted by atomic mass is 19.4. The number of hydrogen-bond donors (Lipinski definition) is 2. The monoisotopic (exact) mass is 413 g/mol. The molecule has 0 aromatic heterocycles. The fourth-order valence-electron chi connectivity index (χ4n) is 5.88. The van der Waals surface area contributed by atoms with E-state index in [1.807, 2.05) is 0 Å². The first kappa shape index (κ1) is 20.3. The van der Waals surface area contributed by atoms with Crippen molar-refractivity contribution in [2.45, 2.75) is 57.2 Å². The number of aromatic hydroxyl groups is 1. The summed E-state index contributed by atoms with van der Waals surface area (Å²) in [4.78, 5) is 5.01. The van der Waals surface area contributed by atoms with E-state index in [1.165, 1.54) is 19.2 Å². The number of nitrogens with zero attached hydrogens (tertiary/aromatic N) is 1. The van der Waals surface area contributed by atoms with Gasteiger partial charge < -0.3 is 19.8 Å². The van der Waals surface area contributed by atoms with E-state index in [0.717, 1.165) is 31.2 Å². The zero-order valence-electron chi connectivity index (χ0n) is 16.5. The summed E-state index contributed by atoms with van der Waals surface area (Å²) in [6, 6.07) is 2.97. The Hall–Kier alpha value is -1.96. The van der Waals surface area contributed by atoms with Crippen LogP contribution >= 0.6 is 0 Å². The second-order valence-electron chi connectivity index (χ2n) is 8.75. The summed E-state index contributed by atoms with van der Waals surface area (Å²) >= 11 is 0. The molecule has 29 heavy (non-hydrogen) atoms. The van der Waals surface area contributed by atoms with Gasteiger partial charge in [0, 0.05) is 5.56 Å². The van der Waals surface area contributed by atoms with Crippen molar-refractivity contribution >= 4 is 5.71 Å². The largest absolute Gasteiger partial charge is 0.504 e. The van der Waals surface area contributed by atoms with E-state index in [4.69, 9.17) is 9.57 Å². The Bertz CT molecular complexity index is 825. The fourth-order valence-corrected chi connectivity index (χ4v) is 5.88. The number of halogens is 3. The van der Waals surface area contributed by atoms with Crippen molar-refractivity contribution in [3.63, 3.8) is 0 Å². The van der Waals surface area contributed by atoms with Crippen LogP contribution in [0.25, 0.3) is 0 Å². The molecular formula is C21H26F3NO4. The zero-order valence-corrected chi connectivity index (χ0v) is 16.5.